The van der Waals surface area contributed by atoms with Crippen molar-refractivity contribution in [3.05, 3.63) is 30.5 Å². The summed E-state index contributed by atoms with van der Waals surface area (Å²) >= 11 is 0. The molecule has 0 aliphatic heterocycles. The normalized spacial score (nSPS) is 18.4. The number of nitrogens with zero attached hydrogens (tertiary/aromatic N) is 2. The van der Waals surface area contributed by atoms with Crippen LogP contribution in [0.3, 0.4) is 0 Å². The predicted octanol–water partition coefficient (Wildman–Crippen LogP) is 2.87. The Morgan fingerprint density at radius 1 is 1.26 bits per heavy atom. The Labute approximate surface area is 112 Å². The zero-order valence-electron chi connectivity index (χ0n) is 11.1. The first-order valence-electron chi connectivity index (χ1n) is 6.80. The molecule has 1 fully saturated rings. The number of hydrogen-bond acceptors (Lipinski definition) is 3. The number of carbonyl (C=O) groups is 1. The molecule has 4 heteroatoms. The number of aromatic nitrogens is 2. The van der Waals surface area contributed by atoms with Crippen LogP contribution in [-0.4, -0.2) is 22.9 Å². The number of rotatable bonds is 2. The summed E-state index contributed by atoms with van der Waals surface area (Å²) in [7, 11) is 1.46. The Morgan fingerprint density at radius 3 is 2.68 bits per heavy atom. The summed E-state index contributed by atoms with van der Waals surface area (Å²) in [4.78, 5) is 12.3. The van der Waals surface area contributed by atoms with Gasteiger partial charge in [-0.3, -0.25) is 4.68 Å². The standard InChI is InChI=1S/C15H18N2O2/c1-19-14(18)15(9-5-2-6-10-15)17-11-12-7-3-4-8-13(12)16-17/h3-4,7-8,11H,2,5-6,9-10H2,1H3. The second-order valence-corrected chi connectivity index (χ2v) is 5.22. The molecule has 0 amide bonds. The van der Waals surface area contributed by atoms with Gasteiger partial charge in [0.05, 0.1) is 12.6 Å². The molecule has 3 rings (SSSR count). The molecule has 100 valence electrons. The smallest absolute Gasteiger partial charge is 0.333 e. The van der Waals surface area contributed by atoms with Crippen LogP contribution >= 0.6 is 0 Å². The van der Waals surface area contributed by atoms with E-state index in [9.17, 15) is 4.79 Å². The molecule has 1 aromatic carbocycles. The maximum Gasteiger partial charge on any atom is 0.333 e. The Morgan fingerprint density at radius 2 is 2.00 bits per heavy atom. The fourth-order valence-corrected chi connectivity index (χ4v) is 3.04. The number of esters is 1. The quantitative estimate of drug-likeness (QED) is 0.778. The Hall–Kier alpha value is -1.84. The van der Waals surface area contributed by atoms with Crippen molar-refractivity contribution in [3.63, 3.8) is 0 Å². The minimum absolute atomic E-state index is 0.167. The SMILES string of the molecule is COC(=O)C1(n2cc3ccccc3n2)CCCCC1. The third-order valence-corrected chi connectivity index (χ3v) is 4.10. The highest BCUT2D eigenvalue weighted by Gasteiger charge is 2.43. The van der Waals surface area contributed by atoms with Crippen LogP contribution in [0.1, 0.15) is 32.1 Å². The maximum atomic E-state index is 12.3. The zero-order valence-corrected chi connectivity index (χ0v) is 11.1. The van der Waals surface area contributed by atoms with E-state index in [0.29, 0.717) is 0 Å². The zero-order chi connectivity index (χ0) is 13.3. The highest BCUT2D eigenvalue weighted by atomic mass is 16.5. The first kappa shape index (κ1) is 12.2. The molecule has 1 aliphatic rings. The van der Waals surface area contributed by atoms with Crippen molar-refractivity contribution in [1.29, 1.82) is 0 Å². The Kier molecular flexibility index (Phi) is 3.01. The number of hydrogen-bond donors (Lipinski definition) is 0. The molecular formula is C15H18N2O2. The summed E-state index contributed by atoms with van der Waals surface area (Å²) in [5, 5.41) is 5.66. The molecule has 1 aliphatic carbocycles. The van der Waals surface area contributed by atoms with Crippen LogP contribution in [-0.2, 0) is 15.1 Å². The van der Waals surface area contributed by atoms with Crippen LogP contribution in [0, 0.1) is 0 Å². The van der Waals surface area contributed by atoms with E-state index in [0.717, 1.165) is 36.6 Å². The largest absolute Gasteiger partial charge is 0.467 e. The van der Waals surface area contributed by atoms with Crippen molar-refractivity contribution in [2.75, 3.05) is 7.11 Å². The van der Waals surface area contributed by atoms with Gasteiger partial charge in [-0.2, -0.15) is 5.10 Å². The Balaban J connectivity index is 2.10. The summed E-state index contributed by atoms with van der Waals surface area (Å²) in [6.45, 7) is 0. The lowest BCUT2D eigenvalue weighted by Gasteiger charge is -2.34. The van der Waals surface area contributed by atoms with E-state index in [1.807, 2.05) is 35.1 Å². The van der Waals surface area contributed by atoms with Crippen LogP contribution < -0.4 is 0 Å². The van der Waals surface area contributed by atoms with E-state index < -0.39 is 5.54 Å². The second kappa shape index (κ2) is 4.68. The van der Waals surface area contributed by atoms with Crippen molar-refractivity contribution >= 4 is 16.9 Å². The van der Waals surface area contributed by atoms with Crippen molar-refractivity contribution < 1.29 is 9.53 Å². The average Bonchev–Trinajstić information content (AvgIpc) is 2.91. The van der Waals surface area contributed by atoms with Crippen molar-refractivity contribution in [2.45, 2.75) is 37.6 Å². The van der Waals surface area contributed by atoms with Gasteiger partial charge in [0, 0.05) is 11.6 Å². The van der Waals surface area contributed by atoms with Gasteiger partial charge < -0.3 is 4.74 Å². The third kappa shape index (κ3) is 1.91. The lowest BCUT2D eigenvalue weighted by atomic mass is 9.82. The van der Waals surface area contributed by atoms with E-state index >= 15 is 0 Å². The summed E-state index contributed by atoms with van der Waals surface area (Å²) in [5.41, 5.74) is 0.322. The molecule has 2 aromatic rings. The van der Waals surface area contributed by atoms with Crippen LogP contribution in [0.5, 0.6) is 0 Å². The van der Waals surface area contributed by atoms with Gasteiger partial charge in [0.25, 0.3) is 0 Å². The van der Waals surface area contributed by atoms with Crippen LogP contribution in [0.2, 0.25) is 0 Å². The molecule has 0 saturated heterocycles. The fourth-order valence-electron chi connectivity index (χ4n) is 3.04. The highest BCUT2D eigenvalue weighted by molar-refractivity contribution is 5.82. The number of benzene rings is 1. The van der Waals surface area contributed by atoms with E-state index in [4.69, 9.17) is 4.74 Å². The molecule has 19 heavy (non-hydrogen) atoms. The lowest BCUT2D eigenvalue weighted by molar-refractivity contribution is -0.154. The van der Waals surface area contributed by atoms with Crippen LogP contribution in [0.15, 0.2) is 30.5 Å². The van der Waals surface area contributed by atoms with Gasteiger partial charge in [-0.05, 0) is 18.9 Å². The van der Waals surface area contributed by atoms with Gasteiger partial charge in [0.1, 0.15) is 0 Å². The lowest BCUT2D eigenvalue weighted by Crippen LogP contribution is -2.44. The molecule has 0 unspecified atom stereocenters. The molecule has 0 bridgehead atoms. The first-order chi connectivity index (χ1) is 9.26. The van der Waals surface area contributed by atoms with Gasteiger partial charge in [0.2, 0.25) is 0 Å². The fraction of sp³-hybridized carbons (Fsp3) is 0.467. The molecule has 1 saturated carbocycles. The molecule has 0 spiro atoms. The minimum atomic E-state index is -0.605. The van der Waals surface area contributed by atoms with Crippen molar-refractivity contribution in [3.8, 4) is 0 Å². The van der Waals surface area contributed by atoms with Gasteiger partial charge >= 0.3 is 5.97 Å². The summed E-state index contributed by atoms with van der Waals surface area (Å²) in [5.74, 6) is -0.167. The number of carbonyl (C=O) groups excluding carboxylic acids is 1. The molecule has 0 atom stereocenters. The predicted molar refractivity (Wildman–Crippen MR) is 72.8 cm³/mol. The molecule has 4 nitrogen and oxygen atoms in total. The Bertz CT molecular complexity index is 564. The molecular weight excluding hydrogens is 240 g/mol. The van der Waals surface area contributed by atoms with E-state index in [-0.39, 0.29) is 5.97 Å². The molecule has 0 radical (unpaired) electrons. The minimum Gasteiger partial charge on any atom is -0.467 e. The molecule has 1 aromatic heterocycles. The van der Waals surface area contributed by atoms with Crippen LogP contribution in [0.25, 0.3) is 10.9 Å². The van der Waals surface area contributed by atoms with Crippen molar-refractivity contribution in [2.24, 2.45) is 0 Å². The van der Waals surface area contributed by atoms with Gasteiger partial charge in [0.15, 0.2) is 5.54 Å². The molecule has 0 N–H and O–H groups in total. The molecule has 1 heterocycles. The summed E-state index contributed by atoms with van der Waals surface area (Å²) < 4.78 is 6.88. The monoisotopic (exact) mass is 258 g/mol. The highest BCUT2D eigenvalue weighted by Crippen LogP contribution is 2.36. The summed E-state index contributed by atoms with van der Waals surface area (Å²) in [6, 6.07) is 7.94. The average molecular weight is 258 g/mol. The second-order valence-electron chi connectivity index (χ2n) is 5.22. The number of ether oxygens (including phenoxy) is 1. The number of fused-ring (bicyclic) bond motifs is 1. The van der Waals surface area contributed by atoms with E-state index in [1.165, 1.54) is 13.5 Å². The van der Waals surface area contributed by atoms with Gasteiger partial charge in [-0.1, -0.05) is 37.5 Å². The summed E-state index contributed by atoms with van der Waals surface area (Å²) in [6.07, 6.45) is 6.87. The van der Waals surface area contributed by atoms with Crippen LogP contribution in [0.4, 0.5) is 0 Å². The van der Waals surface area contributed by atoms with E-state index in [1.54, 1.807) is 0 Å². The van der Waals surface area contributed by atoms with Gasteiger partial charge in [-0.25, -0.2) is 4.79 Å². The number of methoxy groups -OCH3 is 1. The maximum absolute atomic E-state index is 12.3. The van der Waals surface area contributed by atoms with Crippen molar-refractivity contribution in [1.82, 2.24) is 9.78 Å². The van der Waals surface area contributed by atoms with E-state index in [2.05, 4.69) is 5.10 Å². The topological polar surface area (TPSA) is 44.1 Å². The van der Waals surface area contributed by atoms with Gasteiger partial charge in [-0.15, -0.1) is 0 Å². The third-order valence-electron chi connectivity index (χ3n) is 4.10. The first-order valence-corrected chi connectivity index (χ1v) is 6.80.